The van der Waals surface area contributed by atoms with E-state index in [0.29, 0.717) is 23.4 Å². The standard InChI is InChI=1S/C19H21N3O4S/c1-4-22-17-11-10-15(27(24,25)21(2)3)12-16(17)20-18(22)13-26-19(23)14-8-6-5-7-9-14/h5-12H,4,13H2,1-3H3. The van der Waals surface area contributed by atoms with Gasteiger partial charge in [0, 0.05) is 20.6 Å². The van der Waals surface area contributed by atoms with Gasteiger partial charge in [-0.05, 0) is 37.3 Å². The van der Waals surface area contributed by atoms with Crippen LogP contribution in [0.3, 0.4) is 0 Å². The van der Waals surface area contributed by atoms with Crippen molar-refractivity contribution in [3.8, 4) is 0 Å². The van der Waals surface area contributed by atoms with Crippen LogP contribution in [0, 0.1) is 0 Å². The van der Waals surface area contributed by atoms with E-state index >= 15 is 0 Å². The van der Waals surface area contributed by atoms with E-state index in [2.05, 4.69) is 4.98 Å². The lowest BCUT2D eigenvalue weighted by Crippen LogP contribution is -2.22. The third kappa shape index (κ3) is 3.72. The summed E-state index contributed by atoms with van der Waals surface area (Å²) >= 11 is 0. The Hall–Kier alpha value is -2.71. The highest BCUT2D eigenvalue weighted by molar-refractivity contribution is 7.89. The third-order valence-electron chi connectivity index (χ3n) is 4.24. The van der Waals surface area contributed by atoms with Crippen LogP contribution in [0.4, 0.5) is 0 Å². The van der Waals surface area contributed by atoms with Crippen LogP contribution in [0.1, 0.15) is 23.1 Å². The van der Waals surface area contributed by atoms with Crippen molar-refractivity contribution in [1.82, 2.24) is 13.9 Å². The van der Waals surface area contributed by atoms with E-state index in [4.69, 9.17) is 4.74 Å². The first-order valence-corrected chi connectivity index (χ1v) is 9.92. The van der Waals surface area contributed by atoms with Crippen molar-refractivity contribution < 1.29 is 17.9 Å². The summed E-state index contributed by atoms with van der Waals surface area (Å²) in [5.41, 5.74) is 1.81. The topological polar surface area (TPSA) is 81.5 Å². The van der Waals surface area contributed by atoms with Gasteiger partial charge < -0.3 is 9.30 Å². The van der Waals surface area contributed by atoms with E-state index in [1.165, 1.54) is 14.1 Å². The highest BCUT2D eigenvalue weighted by atomic mass is 32.2. The van der Waals surface area contributed by atoms with Crippen molar-refractivity contribution in [2.75, 3.05) is 14.1 Å². The number of carbonyl (C=O) groups excluding carboxylic acids is 1. The highest BCUT2D eigenvalue weighted by Gasteiger charge is 2.20. The molecule has 0 aliphatic heterocycles. The minimum Gasteiger partial charge on any atom is -0.454 e. The number of rotatable bonds is 6. The number of carbonyl (C=O) groups is 1. The minimum absolute atomic E-state index is 0.00596. The van der Waals surface area contributed by atoms with Crippen LogP contribution in [0.25, 0.3) is 11.0 Å². The maximum atomic E-state index is 12.3. The normalized spacial score (nSPS) is 11.9. The Bertz CT molecular complexity index is 1070. The monoisotopic (exact) mass is 387 g/mol. The second-order valence-corrected chi connectivity index (χ2v) is 8.30. The molecule has 0 radical (unpaired) electrons. The molecular formula is C19H21N3O4S. The van der Waals surface area contributed by atoms with E-state index in [1.54, 1.807) is 42.5 Å². The second kappa shape index (κ2) is 7.50. The Kier molecular flexibility index (Phi) is 5.29. The van der Waals surface area contributed by atoms with Gasteiger partial charge in [-0.3, -0.25) is 0 Å². The highest BCUT2D eigenvalue weighted by Crippen LogP contribution is 2.22. The number of aromatic nitrogens is 2. The molecule has 0 saturated carbocycles. The van der Waals surface area contributed by atoms with Gasteiger partial charge >= 0.3 is 5.97 Å². The molecule has 0 unspecified atom stereocenters. The summed E-state index contributed by atoms with van der Waals surface area (Å²) < 4.78 is 33.1. The third-order valence-corrected chi connectivity index (χ3v) is 6.05. The molecule has 0 N–H and O–H groups in total. The number of sulfonamides is 1. The van der Waals surface area contributed by atoms with Gasteiger partial charge in [0.25, 0.3) is 0 Å². The van der Waals surface area contributed by atoms with E-state index in [-0.39, 0.29) is 11.5 Å². The molecule has 0 aliphatic rings. The Labute approximate surface area is 158 Å². The largest absolute Gasteiger partial charge is 0.454 e. The minimum atomic E-state index is -3.54. The number of ether oxygens (including phenoxy) is 1. The van der Waals surface area contributed by atoms with Crippen molar-refractivity contribution in [2.45, 2.75) is 25.0 Å². The van der Waals surface area contributed by atoms with Crippen LogP contribution in [0.2, 0.25) is 0 Å². The lowest BCUT2D eigenvalue weighted by Gasteiger charge is -2.11. The summed E-state index contributed by atoms with van der Waals surface area (Å²) in [5, 5.41) is 0. The number of imidazole rings is 1. The molecule has 0 fully saturated rings. The van der Waals surface area contributed by atoms with Gasteiger partial charge in [0.15, 0.2) is 0 Å². The number of fused-ring (bicyclic) bond motifs is 1. The zero-order valence-electron chi connectivity index (χ0n) is 15.4. The van der Waals surface area contributed by atoms with Gasteiger partial charge in [-0.1, -0.05) is 18.2 Å². The van der Waals surface area contributed by atoms with Crippen LogP contribution >= 0.6 is 0 Å². The number of esters is 1. The fourth-order valence-electron chi connectivity index (χ4n) is 2.78. The molecule has 0 amide bonds. The lowest BCUT2D eigenvalue weighted by molar-refractivity contribution is 0.0458. The number of aryl methyl sites for hydroxylation is 1. The lowest BCUT2D eigenvalue weighted by atomic mass is 10.2. The summed E-state index contributed by atoms with van der Waals surface area (Å²) in [6, 6.07) is 13.6. The molecule has 142 valence electrons. The van der Waals surface area contributed by atoms with E-state index < -0.39 is 16.0 Å². The Morgan fingerprint density at radius 1 is 1.15 bits per heavy atom. The van der Waals surface area contributed by atoms with Gasteiger partial charge in [0.05, 0.1) is 21.5 Å². The molecule has 0 spiro atoms. The van der Waals surface area contributed by atoms with Crippen molar-refractivity contribution in [2.24, 2.45) is 0 Å². The van der Waals surface area contributed by atoms with E-state index in [9.17, 15) is 13.2 Å². The molecule has 3 aromatic rings. The zero-order chi connectivity index (χ0) is 19.6. The fraction of sp³-hybridized carbons (Fsp3) is 0.263. The summed E-state index contributed by atoms with van der Waals surface area (Å²) in [6.45, 7) is 2.58. The quantitative estimate of drug-likeness (QED) is 0.608. The Balaban J connectivity index is 1.91. The molecular weight excluding hydrogens is 366 g/mol. The smallest absolute Gasteiger partial charge is 0.338 e. The van der Waals surface area contributed by atoms with Gasteiger partial charge in [-0.25, -0.2) is 22.5 Å². The average Bonchev–Trinajstić information content (AvgIpc) is 3.03. The first-order valence-electron chi connectivity index (χ1n) is 8.48. The SMILES string of the molecule is CCn1c(COC(=O)c2ccccc2)nc2cc(S(=O)(=O)N(C)C)ccc21. The number of hydrogen-bond acceptors (Lipinski definition) is 5. The van der Waals surface area contributed by atoms with Crippen molar-refractivity contribution in [3.05, 3.63) is 59.9 Å². The van der Waals surface area contributed by atoms with Crippen molar-refractivity contribution in [3.63, 3.8) is 0 Å². The van der Waals surface area contributed by atoms with Gasteiger partial charge in [-0.2, -0.15) is 0 Å². The first-order chi connectivity index (χ1) is 12.8. The molecule has 0 bridgehead atoms. The molecule has 0 aliphatic carbocycles. The molecule has 3 rings (SSSR count). The van der Waals surface area contributed by atoms with E-state index in [0.717, 1.165) is 9.82 Å². The molecule has 27 heavy (non-hydrogen) atoms. The number of hydrogen-bond donors (Lipinski definition) is 0. The Morgan fingerprint density at radius 2 is 1.85 bits per heavy atom. The molecule has 8 heteroatoms. The molecule has 1 heterocycles. The Morgan fingerprint density at radius 3 is 2.48 bits per heavy atom. The van der Waals surface area contributed by atoms with Gasteiger partial charge in [0.2, 0.25) is 10.0 Å². The van der Waals surface area contributed by atoms with Crippen LogP contribution < -0.4 is 0 Å². The summed E-state index contributed by atoms with van der Waals surface area (Å²) in [5.74, 6) is 0.136. The molecule has 0 saturated heterocycles. The van der Waals surface area contributed by atoms with Gasteiger partial charge in [0.1, 0.15) is 12.4 Å². The van der Waals surface area contributed by atoms with Gasteiger partial charge in [-0.15, -0.1) is 0 Å². The fourth-order valence-corrected chi connectivity index (χ4v) is 3.70. The maximum absolute atomic E-state index is 12.3. The summed E-state index contributed by atoms with van der Waals surface area (Å²) in [4.78, 5) is 16.8. The van der Waals surface area contributed by atoms with Crippen molar-refractivity contribution >= 4 is 27.0 Å². The summed E-state index contributed by atoms with van der Waals surface area (Å²) in [6.07, 6.45) is 0. The zero-order valence-corrected chi connectivity index (χ0v) is 16.2. The van der Waals surface area contributed by atoms with Crippen LogP contribution in [-0.4, -0.2) is 42.3 Å². The molecule has 0 atom stereocenters. The number of nitrogens with zero attached hydrogens (tertiary/aromatic N) is 3. The average molecular weight is 387 g/mol. The van der Waals surface area contributed by atoms with Crippen LogP contribution in [-0.2, 0) is 27.9 Å². The second-order valence-electron chi connectivity index (χ2n) is 6.15. The van der Waals surface area contributed by atoms with Crippen molar-refractivity contribution in [1.29, 1.82) is 0 Å². The van der Waals surface area contributed by atoms with Crippen LogP contribution in [0.15, 0.2) is 53.4 Å². The predicted molar refractivity (Wildman–Crippen MR) is 102 cm³/mol. The van der Waals surface area contributed by atoms with Crippen LogP contribution in [0.5, 0.6) is 0 Å². The summed E-state index contributed by atoms with van der Waals surface area (Å²) in [7, 11) is -0.572. The maximum Gasteiger partial charge on any atom is 0.338 e. The van der Waals surface area contributed by atoms with E-state index in [1.807, 2.05) is 17.6 Å². The molecule has 2 aromatic carbocycles. The predicted octanol–water partition coefficient (Wildman–Crippen LogP) is 2.66. The first kappa shape index (κ1) is 19.1. The molecule has 7 nitrogen and oxygen atoms in total. The number of benzene rings is 2. The molecule has 1 aromatic heterocycles.